The number of benzene rings is 2. The summed E-state index contributed by atoms with van der Waals surface area (Å²) in [4.78, 5) is 12.5. The predicted octanol–water partition coefficient (Wildman–Crippen LogP) is 2.33. The third-order valence-electron chi connectivity index (χ3n) is 4.34. The van der Waals surface area contributed by atoms with Crippen molar-refractivity contribution in [2.75, 3.05) is 34.5 Å². The maximum atomic E-state index is 12.8. The van der Waals surface area contributed by atoms with Crippen LogP contribution in [0.3, 0.4) is 0 Å². The second kappa shape index (κ2) is 7.97. The molecule has 0 radical (unpaired) electrons. The monoisotopic (exact) mass is 407 g/mol. The topological polar surface area (TPSA) is 91.4 Å². The molecular formula is C19H21NO7S. The van der Waals surface area contributed by atoms with Gasteiger partial charge in [-0.25, -0.2) is 12.7 Å². The summed E-state index contributed by atoms with van der Waals surface area (Å²) >= 11 is 0. The maximum Gasteiger partial charge on any atom is 0.269 e. The fraction of sp³-hybridized carbons (Fsp3) is 0.316. The lowest BCUT2D eigenvalue weighted by molar-refractivity contribution is 0.0866. The van der Waals surface area contributed by atoms with Crippen molar-refractivity contribution in [1.29, 1.82) is 0 Å². The van der Waals surface area contributed by atoms with E-state index in [0.29, 0.717) is 23.7 Å². The average Bonchev–Trinajstić information content (AvgIpc) is 2.90. The molecule has 1 heterocycles. The van der Waals surface area contributed by atoms with E-state index in [0.717, 1.165) is 4.31 Å². The number of rotatable bonds is 8. The molecule has 0 saturated heterocycles. The lowest BCUT2D eigenvalue weighted by Gasteiger charge is -2.15. The number of nitrogens with zero attached hydrogens (tertiary/aromatic N) is 1. The van der Waals surface area contributed by atoms with Gasteiger partial charge in [-0.05, 0) is 30.3 Å². The summed E-state index contributed by atoms with van der Waals surface area (Å²) in [7, 11) is 0.473. The minimum absolute atomic E-state index is 0.0105. The van der Waals surface area contributed by atoms with Crippen LogP contribution >= 0.6 is 0 Å². The third-order valence-corrected chi connectivity index (χ3v) is 6.17. The standard InChI is InChI=1S/C19H21NO7S/c1-24-13-5-7-14(8-6-13)27-10-4-9-20-19(21)15-11-16(25-2)17(26-3)12-18(15)28(20,22)23/h5-8,11-12H,4,9-10H2,1-3H3. The molecule has 2 aromatic rings. The Hall–Kier alpha value is -2.94. The first-order valence-electron chi connectivity index (χ1n) is 8.52. The number of sulfonamides is 1. The Morgan fingerprint density at radius 2 is 1.50 bits per heavy atom. The largest absolute Gasteiger partial charge is 0.497 e. The lowest BCUT2D eigenvalue weighted by atomic mass is 10.2. The van der Waals surface area contributed by atoms with Gasteiger partial charge in [0.05, 0.1) is 33.5 Å². The van der Waals surface area contributed by atoms with Crippen LogP contribution in [0.4, 0.5) is 0 Å². The molecule has 28 heavy (non-hydrogen) atoms. The molecule has 0 saturated carbocycles. The molecule has 1 aliphatic rings. The highest BCUT2D eigenvalue weighted by atomic mass is 32.2. The molecule has 2 aromatic carbocycles. The summed E-state index contributed by atoms with van der Waals surface area (Å²) in [6, 6.07) is 9.75. The van der Waals surface area contributed by atoms with Crippen molar-refractivity contribution in [3.05, 3.63) is 42.0 Å². The van der Waals surface area contributed by atoms with E-state index in [9.17, 15) is 13.2 Å². The maximum absolute atomic E-state index is 12.8. The zero-order chi connectivity index (χ0) is 20.3. The van der Waals surface area contributed by atoms with Gasteiger partial charge < -0.3 is 18.9 Å². The van der Waals surface area contributed by atoms with Crippen LogP contribution in [0.1, 0.15) is 16.8 Å². The molecule has 0 aromatic heterocycles. The quantitative estimate of drug-likeness (QED) is 0.620. The van der Waals surface area contributed by atoms with Crippen molar-refractivity contribution in [2.24, 2.45) is 0 Å². The van der Waals surface area contributed by atoms with Crippen molar-refractivity contribution in [3.8, 4) is 23.0 Å². The summed E-state index contributed by atoms with van der Waals surface area (Å²) in [5, 5.41) is 0. The fourth-order valence-electron chi connectivity index (χ4n) is 2.89. The predicted molar refractivity (Wildman–Crippen MR) is 101 cm³/mol. The third kappa shape index (κ3) is 3.57. The second-order valence-electron chi connectivity index (χ2n) is 5.96. The van der Waals surface area contributed by atoms with Gasteiger partial charge in [0.25, 0.3) is 15.9 Å². The Bertz CT molecular complexity index is 971. The van der Waals surface area contributed by atoms with Crippen LogP contribution in [-0.2, 0) is 10.0 Å². The van der Waals surface area contributed by atoms with Gasteiger partial charge in [-0.15, -0.1) is 0 Å². The number of ether oxygens (including phenoxy) is 4. The summed E-state index contributed by atoms with van der Waals surface area (Å²) in [6.07, 6.45) is 0.346. The van der Waals surface area contributed by atoms with Crippen LogP contribution in [0.5, 0.6) is 23.0 Å². The average molecular weight is 407 g/mol. The highest BCUT2D eigenvalue weighted by Crippen LogP contribution is 2.38. The van der Waals surface area contributed by atoms with Crippen LogP contribution in [0.15, 0.2) is 41.3 Å². The van der Waals surface area contributed by atoms with Crippen LogP contribution in [0.2, 0.25) is 0 Å². The Balaban J connectivity index is 1.68. The van der Waals surface area contributed by atoms with Crippen molar-refractivity contribution in [1.82, 2.24) is 4.31 Å². The number of carbonyl (C=O) groups excluding carboxylic acids is 1. The van der Waals surface area contributed by atoms with E-state index in [1.54, 1.807) is 31.4 Å². The number of carbonyl (C=O) groups is 1. The van der Waals surface area contributed by atoms with Gasteiger partial charge in [-0.3, -0.25) is 4.79 Å². The minimum Gasteiger partial charge on any atom is -0.497 e. The molecule has 0 aliphatic carbocycles. The normalized spacial score (nSPS) is 14.5. The van der Waals surface area contributed by atoms with Gasteiger partial charge in [0.15, 0.2) is 11.5 Å². The van der Waals surface area contributed by atoms with Gasteiger partial charge in [-0.1, -0.05) is 0 Å². The number of hydrogen-bond donors (Lipinski definition) is 0. The first-order valence-corrected chi connectivity index (χ1v) is 9.96. The molecule has 8 nitrogen and oxygen atoms in total. The minimum atomic E-state index is -3.93. The summed E-state index contributed by atoms with van der Waals surface area (Å²) in [5.74, 6) is 1.32. The number of fused-ring (bicyclic) bond motifs is 1. The first-order chi connectivity index (χ1) is 13.4. The highest BCUT2D eigenvalue weighted by Gasteiger charge is 2.42. The van der Waals surface area contributed by atoms with Gasteiger partial charge in [0.1, 0.15) is 16.4 Å². The van der Waals surface area contributed by atoms with E-state index in [1.165, 1.54) is 26.4 Å². The van der Waals surface area contributed by atoms with Crippen LogP contribution < -0.4 is 18.9 Å². The van der Waals surface area contributed by atoms with Crippen LogP contribution in [-0.4, -0.2) is 53.1 Å². The zero-order valence-corrected chi connectivity index (χ0v) is 16.6. The molecule has 0 unspecified atom stereocenters. The second-order valence-corrected chi connectivity index (χ2v) is 7.79. The molecule has 0 fully saturated rings. The van der Waals surface area contributed by atoms with E-state index in [4.69, 9.17) is 18.9 Å². The first kappa shape index (κ1) is 19.8. The summed E-state index contributed by atoms with van der Waals surface area (Å²) in [5.41, 5.74) is 0.0775. The number of methoxy groups -OCH3 is 3. The number of amides is 1. The molecule has 1 aliphatic heterocycles. The van der Waals surface area contributed by atoms with Crippen molar-refractivity contribution in [3.63, 3.8) is 0 Å². The van der Waals surface area contributed by atoms with Crippen LogP contribution in [0, 0.1) is 0 Å². The Morgan fingerprint density at radius 3 is 2.11 bits per heavy atom. The van der Waals surface area contributed by atoms with Gasteiger partial charge >= 0.3 is 0 Å². The van der Waals surface area contributed by atoms with E-state index in [2.05, 4.69) is 0 Å². The highest BCUT2D eigenvalue weighted by molar-refractivity contribution is 7.90. The molecule has 0 spiro atoms. The lowest BCUT2D eigenvalue weighted by Crippen LogP contribution is -2.31. The molecule has 1 amide bonds. The van der Waals surface area contributed by atoms with E-state index in [-0.39, 0.29) is 29.4 Å². The molecule has 0 N–H and O–H groups in total. The molecular weight excluding hydrogens is 386 g/mol. The smallest absolute Gasteiger partial charge is 0.269 e. The van der Waals surface area contributed by atoms with Crippen LogP contribution in [0.25, 0.3) is 0 Å². The molecule has 0 atom stereocenters. The number of hydrogen-bond acceptors (Lipinski definition) is 7. The van der Waals surface area contributed by atoms with Crippen molar-refractivity contribution >= 4 is 15.9 Å². The molecule has 9 heteroatoms. The van der Waals surface area contributed by atoms with Crippen molar-refractivity contribution < 1.29 is 32.2 Å². The zero-order valence-electron chi connectivity index (χ0n) is 15.8. The van der Waals surface area contributed by atoms with Gasteiger partial charge in [0, 0.05) is 19.0 Å². The van der Waals surface area contributed by atoms with E-state index >= 15 is 0 Å². The Kier molecular flexibility index (Phi) is 5.64. The van der Waals surface area contributed by atoms with Crippen molar-refractivity contribution in [2.45, 2.75) is 11.3 Å². The van der Waals surface area contributed by atoms with Gasteiger partial charge in [0.2, 0.25) is 0 Å². The molecule has 3 rings (SSSR count). The van der Waals surface area contributed by atoms with E-state index in [1.807, 2.05) is 0 Å². The molecule has 0 bridgehead atoms. The SMILES string of the molecule is COc1ccc(OCCCN2C(=O)c3cc(OC)c(OC)cc3S2(=O)=O)cc1. The van der Waals surface area contributed by atoms with Gasteiger partial charge in [-0.2, -0.15) is 0 Å². The van der Waals surface area contributed by atoms with E-state index < -0.39 is 15.9 Å². The fourth-order valence-corrected chi connectivity index (χ4v) is 4.50. The molecule has 150 valence electrons. The Morgan fingerprint density at radius 1 is 0.893 bits per heavy atom. The Labute approximate surface area is 163 Å². The summed E-state index contributed by atoms with van der Waals surface area (Å²) in [6.45, 7) is 0.269. The summed E-state index contributed by atoms with van der Waals surface area (Å²) < 4.78 is 47.3.